The maximum absolute atomic E-state index is 12.8. The van der Waals surface area contributed by atoms with Crippen LogP contribution in [0, 0.1) is 0 Å². The first-order valence-corrected chi connectivity index (χ1v) is 10.5. The highest BCUT2D eigenvalue weighted by atomic mass is 16.2. The molecule has 0 aliphatic heterocycles. The Hall–Kier alpha value is -3.35. The van der Waals surface area contributed by atoms with E-state index < -0.39 is 0 Å². The average molecular weight is 406 g/mol. The lowest BCUT2D eigenvalue weighted by Gasteiger charge is -2.08. The number of rotatable bonds is 8. The molecule has 2 N–H and O–H groups in total. The molecule has 1 heterocycles. The molecule has 1 aliphatic rings. The van der Waals surface area contributed by atoms with Crippen LogP contribution in [0.25, 0.3) is 11.0 Å². The van der Waals surface area contributed by atoms with Crippen molar-refractivity contribution in [2.24, 2.45) is 0 Å². The summed E-state index contributed by atoms with van der Waals surface area (Å²) < 4.78 is 3.42. The molecule has 2 aromatic carbocycles. The standard InChI is InChI=1S/C23H26N4O3/c1-2-13-26-19-8-3-4-9-20(19)27(23(26)30)14-12-21(28)24-18-7-5-6-16(15-18)22(29)25-17-10-11-17/h3-9,15,17H,2,10-14H2,1H3,(H,24,28)(H,25,29). The molecule has 156 valence electrons. The number of hydrogen-bond donors (Lipinski definition) is 2. The van der Waals surface area contributed by atoms with Gasteiger partial charge in [-0.05, 0) is 49.6 Å². The van der Waals surface area contributed by atoms with Gasteiger partial charge in [-0.3, -0.25) is 18.7 Å². The van der Waals surface area contributed by atoms with Gasteiger partial charge in [0.2, 0.25) is 5.91 Å². The number of nitrogens with zero attached hydrogens (tertiary/aromatic N) is 2. The second kappa shape index (κ2) is 8.57. The molecule has 7 nitrogen and oxygen atoms in total. The Morgan fingerprint density at radius 2 is 1.70 bits per heavy atom. The smallest absolute Gasteiger partial charge is 0.329 e. The van der Waals surface area contributed by atoms with Crippen LogP contribution in [0.2, 0.25) is 0 Å². The molecular formula is C23H26N4O3. The number of para-hydroxylation sites is 2. The lowest BCUT2D eigenvalue weighted by molar-refractivity contribution is -0.116. The third-order valence-corrected chi connectivity index (χ3v) is 5.26. The second-order valence-electron chi connectivity index (χ2n) is 7.70. The maximum atomic E-state index is 12.8. The van der Waals surface area contributed by atoms with Crippen LogP contribution in [0.5, 0.6) is 0 Å². The van der Waals surface area contributed by atoms with E-state index in [2.05, 4.69) is 10.6 Å². The van der Waals surface area contributed by atoms with E-state index in [1.807, 2.05) is 31.2 Å². The molecule has 30 heavy (non-hydrogen) atoms. The summed E-state index contributed by atoms with van der Waals surface area (Å²) in [6.45, 7) is 2.98. The summed E-state index contributed by atoms with van der Waals surface area (Å²) in [4.78, 5) is 37.5. The maximum Gasteiger partial charge on any atom is 0.329 e. The highest BCUT2D eigenvalue weighted by Gasteiger charge is 2.23. The van der Waals surface area contributed by atoms with Crippen LogP contribution in [0.1, 0.15) is 43.0 Å². The highest BCUT2D eigenvalue weighted by molar-refractivity contribution is 5.97. The van der Waals surface area contributed by atoms with E-state index in [0.29, 0.717) is 24.3 Å². The molecule has 1 aromatic heterocycles. The summed E-state index contributed by atoms with van der Waals surface area (Å²) in [7, 11) is 0. The van der Waals surface area contributed by atoms with Gasteiger partial charge in [-0.25, -0.2) is 4.79 Å². The van der Waals surface area contributed by atoms with Crippen molar-refractivity contribution in [3.8, 4) is 0 Å². The molecule has 0 saturated heterocycles. The monoisotopic (exact) mass is 406 g/mol. The number of amides is 2. The van der Waals surface area contributed by atoms with Crippen molar-refractivity contribution in [2.45, 2.75) is 51.7 Å². The van der Waals surface area contributed by atoms with E-state index in [1.54, 1.807) is 33.4 Å². The number of carbonyl (C=O) groups is 2. The predicted octanol–water partition coefficient (Wildman–Crippen LogP) is 3.13. The van der Waals surface area contributed by atoms with Crippen molar-refractivity contribution < 1.29 is 9.59 Å². The Balaban J connectivity index is 1.44. The number of fused-ring (bicyclic) bond motifs is 1. The minimum Gasteiger partial charge on any atom is -0.349 e. The number of benzene rings is 2. The number of carbonyl (C=O) groups excluding carboxylic acids is 2. The largest absolute Gasteiger partial charge is 0.349 e. The van der Waals surface area contributed by atoms with Crippen LogP contribution in [0.3, 0.4) is 0 Å². The van der Waals surface area contributed by atoms with Crippen LogP contribution in [-0.4, -0.2) is 27.0 Å². The first-order chi connectivity index (χ1) is 14.6. The van der Waals surface area contributed by atoms with Gasteiger partial charge in [0.15, 0.2) is 0 Å². The first kappa shape index (κ1) is 19.9. The molecule has 0 spiro atoms. The zero-order chi connectivity index (χ0) is 21.1. The quantitative estimate of drug-likeness (QED) is 0.603. The highest BCUT2D eigenvalue weighted by Crippen LogP contribution is 2.20. The van der Waals surface area contributed by atoms with Gasteiger partial charge < -0.3 is 10.6 Å². The van der Waals surface area contributed by atoms with Gasteiger partial charge in [-0.15, -0.1) is 0 Å². The van der Waals surface area contributed by atoms with Gasteiger partial charge in [-0.2, -0.15) is 0 Å². The van der Waals surface area contributed by atoms with Crippen molar-refractivity contribution in [3.05, 3.63) is 64.6 Å². The summed E-state index contributed by atoms with van der Waals surface area (Å²) in [5, 5.41) is 5.78. The Morgan fingerprint density at radius 1 is 1.00 bits per heavy atom. The van der Waals surface area contributed by atoms with Crippen LogP contribution in [-0.2, 0) is 17.9 Å². The van der Waals surface area contributed by atoms with Crippen molar-refractivity contribution in [3.63, 3.8) is 0 Å². The molecule has 1 fully saturated rings. The number of aryl methyl sites for hydroxylation is 2. The summed E-state index contributed by atoms with van der Waals surface area (Å²) in [6.07, 6.45) is 3.07. The van der Waals surface area contributed by atoms with Crippen LogP contribution >= 0.6 is 0 Å². The predicted molar refractivity (Wildman–Crippen MR) is 117 cm³/mol. The summed E-state index contributed by atoms with van der Waals surface area (Å²) >= 11 is 0. The van der Waals surface area contributed by atoms with E-state index in [-0.39, 0.29) is 30.0 Å². The molecule has 1 aliphatic carbocycles. The van der Waals surface area contributed by atoms with Gasteiger partial charge in [0.05, 0.1) is 11.0 Å². The van der Waals surface area contributed by atoms with E-state index in [1.165, 1.54) is 0 Å². The number of hydrogen-bond acceptors (Lipinski definition) is 3. The Morgan fingerprint density at radius 3 is 2.37 bits per heavy atom. The van der Waals surface area contributed by atoms with E-state index in [9.17, 15) is 14.4 Å². The molecule has 0 radical (unpaired) electrons. The molecular weight excluding hydrogens is 380 g/mol. The molecule has 0 bridgehead atoms. The molecule has 7 heteroatoms. The summed E-state index contributed by atoms with van der Waals surface area (Å²) in [5.41, 5.74) is 2.73. The van der Waals surface area contributed by atoms with Crippen molar-refractivity contribution in [1.29, 1.82) is 0 Å². The topological polar surface area (TPSA) is 85.1 Å². The van der Waals surface area contributed by atoms with Crippen LogP contribution < -0.4 is 16.3 Å². The summed E-state index contributed by atoms with van der Waals surface area (Å²) in [5.74, 6) is -0.321. The van der Waals surface area contributed by atoms with Gasteiger partial charge in [0.25, 0.3) is 5.91 Å². The van der Waals surface area contributed by atoms with Crippen molar-refractivity contribution in [1.82, 2.24) is 14.5 Å². The van der Waals surface area contributed by atoms with Gasteiger partial charge in [0, 0.05) is 36.8 Å². The van der Waals surface area contributed by atoms with Crippen molar-refractivity contribution >= 4 is 28.5 Å². The normalized spacial score (nSPS) is 13.4. The zero-order valence-corrected chi connectivity index (χ0v) is 17.1. The van der Waals surface area contributed by atoms with Gasteiger partial charge >= 0.3 is 5.69 Å². The average Bonchev–Trinajstić information content (AvgIpc) is 3.52. The molecule has 0 unspecified atom stereocenters. The molecule has 1 saturated carbocycles. The zero-order valence-electron chi connectivity index (χ0n) is 17.1. The fourth-order valence-corrected chi connectivity index (χ4v) is 3.60. The Bertz CT molecular complexity index is 1140. The lowest BCUT2D eigenvalue weighted by Crippen LogP contribution is -2.26. The second-order valence-corrected chi connectivity index (χ2v) is 7.70. The molecule has 3 aromatic rings. The Labute approximate surface area is 174 Å². The van der Waals surface area contributed by atoms with Crippen molar-refractivity contribution in [2.75, 3.05) is 5.32 Å². The van der Waals surface area contributed by atoms with Crippen LogP contribution in [0.4, 0.5) is 5.69 Å². The summed E-state index contributed by atoms with van der Waals surface area (Å²) in [6, 6.07) is 14.8. The van der Waals surface area contributed by atoms with Crippen LogP contribution in [0.15, 0.2) is 53.3 Å². The van der Waals surface area contributed by atoms with Gasteiger partial charge in [-0.1, -0.05) is 25.1 Å². The molecule has 2 amide bonds. The third kappa shape index (κ3) is 4.30. The fourth-order valence-electron chi connectivity index (χ4n) is 3.60. The van der Waals surface area contributed by atoms with E-state index >= 15 is 0 Å². The minimum atomic E-state index is -0.200. The third-order valence-electron chi connectivity index (χ3n) is 5.26. The fraction of sp³-hybridized carbons (Fsp3) is 0.348. The number of anilines is 1. The number of nitrogens with one attached hydrogen (secondary N) is 2. The number of imidazole rings is 1. The van der Waals surface area contributed by atoms with Gasteiger partial charge in [0.1, 0.15) is 0 Å². The number of aromatic nitrogens is 2. The molecule has 4 rings (SSSR count). The first-order valence-electron chi connectivity index (χ1n) is 10.5. The SMILES string of the molecule is CCCn1c(=O)n(CCC(=O)Nc2cccc(C(=O)NC3CC3)c2)c2ccccc21. The lowest BCUT2D eigenvalue weighted by atomic mass is 10.2. The minimum absolute atomic E-state index is 0.0930. The van der Waals surface area contributed by atoms with E-state index in [0.717, 1.165) is 30.3 Å². The Kier molecular flexibility index (Phi) is 5.70. The molecule has 0 atom stereocenters. The van der Waals surface area contributed by atoms with E-state index in [4.69, 9.17) is 0 Å².